The third kappa shape index (κ3) is 3.46. The summed E-state index contributed by atoms with van der Waals surface area (Å²) in [5.74, 6) is 0.0642. The normalized spacial score (nSPS) is 11.0. The van der Waals surface area contributed by atoms with Gasteiger partial charge in [-0.15, -0.1) is 22.7 Å². The highest BCUT2D eigenvalue weighted by Gasteiger charge is 2.20. The van der Waals surface area contributed by atoms with Gasteiger partial charge in [0.2, 0.25) is 0 Å². The largest absolute Gasteiger partial charge is 0.296 e. The van der Waals surface area contributed by atoms with Gasteiger partial charge in [-0.2, -0.15) is 0 Å². The number of aryl methyl sites for hydroxylation is 1. The Morgan fingerprint density at radius 3 is 2.83 bits per heavy atom. The van der Waals surface area contributed by atoms with E-state index in [0.29, 0.717) is 10.8 Å². The molecule has 23 heavy (non-hydrogen) atoms. The maximum Gasteiger partial charge on any atom is 0.277 e. The number of nitrogens with one attached hydrogen (secondary N) is 1. The molecule has 0 saturated heterocycles. The Bertz CT molecular complexity index is 824. The SMILES string of the molecule is Cc1nc(C(=O)Nc2nc(-c3cccnc3)cs2)c(C(C)C)s1. The number of anilines is 1. The van der Waals surface area contributed by atoms with Gasteiger partial charge in [0.25, 0.3) is 5.91 Å². The summed E-state index contributed by atoms with van der Waals surface area (Å²) in [5, 5.41) is 6.22. The van der Waals surface area contributed by atoms with Crippen molar-refractivity contribution in [2.75, 3.05) is 5.32 Å². The van der Waals surface area contributed by atoms with Gasteiger partial charge in [0, 0.05) is 28.2 Å². The standard InChI is InChI=1S/C16H16N4OS2/c1-9(2)14-13(18-10(3)23-14)15(21)20-16-19-12(8-22-16)11-5-4-6-17-7-11/h4-9H,1-3H3,(H,19,20,21). The molecule has 0 fully saturated rings. The van der Waals surface area contributed by atoms with Crippen LogP contribution in [0.4, 0.5) is 5.13 Å². The first-order chi connectivity index (χ1) is 11.0. The van der Waals surface area contributed by atoms with E-state index in [9.17, 15) is 4.79 Å². The Morgan fingerprint density at radius 1 is 1.30 bits per heavy atom. The number of nitrogens with zero attached hydrogens (tertiary/aromatic N) is 3. The van der Waals surface area contributed by atoms with Crippen molar-refractivity contribution < 1.29 is 4.79 Å². The van der Waals surface area contributed by atoms with Crippen molar-refractivity contribution >= 4 is 33.7 Å². The minimum Gasteiger partial charge on any atom is -0.296 e. The molecule has 0 unspecified atom stereocenters. The third-order valence-corrected chi connectivity index (χ3v) is 5.21. The number of aromatic nitrogens is 3. The quantitative estimate of drug-likeness (QED) is 0.764. The molecule has 1 N–H and O–H groups in total. The van der Waals surface area contributed by atoms with Crippen molar-refractivity contribution in [3.63, 3.8) is 0 Å². The number of carbonyl (C=O) groups excluding carboxylic acids is 1. The van der Waals surface area contributed by atoms with Crippen LogP contribution in [-0.4, -0.2) is 20.9 Å². The number of hydrogen-bond acceptors (Lipinski definition) is 6. The van der Waals surface area contributed by atoms with Crippen LogP contribution in [0, 0.1) is 6.92 Å². The summed E-state index contributed by atoms with van der Waals surface area (Å²) in [5.41, 5.74) is 2.23. The molecule has 3 rings (SSSR count). The number of rotatable bonds is 4. The van der Waals surface area contributed by atoms with Gasteiger partial charge in [-0.25, -0.2) is 9.97 Å². The Labute approximate surface area is 142 Å². The highest BCUT2D eigenvalue weighted by molar-refractivity contribution is 7.14. The highest BCUT2D eigenvalue weighted by Crippen LogP contribution is 2.28. The number of hydrogen-bond donors (Lipinski definition) is 1. The van der Waals surface area contributed by atoms with E-state index in [4.69, 9.17) is 0 Å². The molecule has 0 radical (unpaired) electrons. The van der Waals surface area contributed by atoms with E-state index in [0.717, 1.165) is 21.1 Å². The van der Waals surface area contributed by atoms with Gasteiger partial charge in [0.15, 0.2) is 5.13 Å². The smallest absolute Gasteiger partial charge is 0.277 e. The molecular formula is C16H16N4OS2. The van der Waals surface area contributed by atoms with Gasteiger partial charge in [-0.1, -0.05) is 13.8 Å². The van der Waals surface area contributed by atoms with Crippen molar-refractivity contribution in [2.24, 2.45) is 0 Å². The fourth-order valence-corrected chi connectivity index (χ4v) is 3.77. The zero-order valence-electron chi connectivity index (χ0n) is 13.0. The van der Waals surface area contributed by atoms with E-state index in [1.54, 1.807) is 23.7 Å². The van der Waals surface area contributed by atoms with Gasteiger partial charge in [-0.05, 0) is 25.0 Å². The van der Waals surface area contributed by atoms with E-state index < -0.39 is 0 Å². The predicted octanol–water partition coefficient (Wildman–Crippen LogP) is 4.35. The summed E-state index contributed by atoms with van der Waals surface area (Å²) in [4.78, 5) is 26.4. The minimum absolute atomic E-state index is 0.204. The van der Waals surface area contributed by atoms with Crippen molar-refractivity contribution in [1.29, 1.82) is 0 Å². The number of carbonyl (C=O) groups is 1. The van der Waals surface area contributed by atoms with Crippen LogP contribution in [0.5, 0.6) is 0 Å². The van der Waals surface area contributed by atoms with E-state index in [1.165, 1.54) is 11.3 Å². The zero-order chi connectivity index (χ0) is 16.4. The topological polar surface area (TPSA) is 67.8 Å². The van der Waals surface area contributed by atoms with E-state index >= 15 is 0 Å². The first kappa shape index (κ1) is 15.8. The van der Waals surface area contributed by atoms with E-state index in [1.807, 2.05) is 24.4 Å². The van der Waals surface area contributed by atoms with E-state index in [-0.39, 0.29) is 11.8 Å². The number of pyridine rings is 1. The second-order valence-electron chi connectivity index (χ2n) is 5.33. The number of amides is 1. The third-order valence-electron chi connectivity index (χ3n) is 3.18. The van der Waals surface area contributed by atoms with Gasteiger partial charge in [-0.3, -0.25) is 15.1 Å². The Kier molecular flexibility index (Phi) is 4.49. The monoisotopic (exact) mass is 344 g/mol. The molecule has 0 aliphatic heterocycles. The van der Waals surface area contributed by atoms with Crippen LogP contribution < -0.4 is 5.32 Å². The summed E-state index contributed by atoms with van der Waals surface area (Å²) in [6.07, 6.45) is 3.47. The van der Waals surface area contributed by atoms with Crippen LogP contribution in [0.15, 0.2) is 29.9 Å². The first-order valence-corrected chi connectivity index (χ1v) is 8.89. The molecule has 3 heterocycles. The van der Waals surface area contributed by atoms with Crippen LogP contribution in [0.3, 0.4) is 0 Å². The lowest BCUT2D eigenvalue weighted by Gasteiger charge is -2.04. The van der Waals surface area contributed by atoms with Crippen LogP contribution >= 0.6 is 22.7 Å². The Morgan fingerprint density at radius 2 is 2.13 bits per heavy atom. The molecule has 3 aromatic rings. The molecule has 1 amide bonds. The van der Waals surface area contributed by atoms with Crippen molar-refractivity contribution in [1.82, 2.24) is 15.0 Å². The fourth-order valence-electron chi connectivity index (χ4n) is 2.13. The summed E-state index contributed by atoms with van der Waals surface area (Å²) in [6.45, 7) is 6.04. The van der Waals surface area contributed by atoms with Gasteiger partial charge in [0.05, 0.1) is 10.7 Å². The van der Waals surface area contributed by atoms with Gasteiger partial charge >= 0.3 is 0 Å². The average Bonchev–Trinajstić information content (AvgIpc) is 3.15. The van der Waals surface area contributed by atoms with Crippen molar-refractivity contribution in [2.45, 2.75) is 26.7 Å². The molecular weight excluding hydrogens is 328 g/mol. The highest BCUT2D eigenvalue weighted by atomic mass is 32.1. The molecule has 0 atom stereocenters. The second kappa shape index (κ2) is 6.55. The lowest BCUT2D eigenvalue weighted by Crippen LogP contribution is -2.14. The van der Waals surface area contributed by atoms with Crippen LogP contribution in [0.25, 0.3) is 11.3 Å². The van der Waals surface area contributed by atoms with Crippen molar-refractivity contribution in [3.8, 4) is 11.3 Å². The second-order valence-corrected chi connectivity index (χ2v) is 7.43. The molecule has 0 spiro atoms. The summed E-state index contributed by atoms with van der Waals surface area (Å²) < 4.78 is 0. The molecule has 0 aliphatic carbocycles. The van der Waals surface area contributed by atoms with Crippen molar-refractivity contribution in [3.05, 3.63) is 45.5 Å². The zero-order valence-corrected chi connectivity index (χ0v) is 14.7. The van der Waals surface area contributed by atoms with Gasteiger partial charge in [0.1, 0.15) is 5.69 Å². The summed E-state index contributed by atoms with van der Waals surface area (Å²) >= 11 is 2.96. The molecule has 0 bridgehead atoms. The molecule has 5 nitrogen and oxygen atoms in total. The summed E-state index contributed by atoms with van der Waals surface area (Å²) in [7, 11) is 0. The predicted molar refractivity (Wildman–Crippen MR) is 94.2 cm³/mol. The fraction of sp³-hybridized carbons (Fsp3) is 0.250. The number of thiazole rings is 2. The summed E-state index contributed by atoms with van der Waals surface area (Å²) in [6, 6.07) is 3.80. The van der Waals surface area contributed by atoms with E-state index in [2.05, 4.69) is 34.1 Å². The molecule has 118 valence electrons. The maximum absolute atomic E-state index is 12.5. The lowest BCUT2D eigenvalue weighted by molar-refractivity contribution is 0.102. The molecule has 0 aliphatic rings. The maximum atomic E-state index is 12.5. The minimum atomic E-state index is -0.204. The Balaban J connectivity index is 1.80. The average molecular weight is 344 g/mol. The molecule has 0 saturated carbocycles. The molecule has 0 aromatic carbocycles. The van der Waals surface area contributed by atoms with Gasteiger partial charge < -0.3 is 0 Å². The molecule has 7 heteroatoms. The Hall–Kier alpha value is -2.12. The first-order valence-electron chi connectivity index (χ1n) is 7.19. The van der Waals surface area contributed by atoms with Crippen LogP contribution in [0.1, 0.15) is 40.1 Å². The van der Waals surface area contributed by atoms with Crippen LogP contribution in [0.2, 0.25) is 0 Å². The van der Waals surface area contributed by atoms with Crippen LogP contribution in [-0.2, 0) is 0 Å². The lowest BCUT2D eigenvalue weighted by atomic mass is 10.1. The molecule has 3 aromatic heterocycles.